The van der Waals surface area contributed by atoms with Crippen LogP contribution in [0.4, 0.5) is 0 Å². The van der Waals surface area contributed by atoms with Crippen LogP contribution in [0.1, 0.15) is 23.2 Å². The molecule has 1 aromatic heterocycles. The van der Waals surface area contributed by atoms with Crippen LogP contribution in [-0.2, 0) is 11.2 Å². The first kappa shape index (κ1) is 25.5. The van der Waals surface area contributed by atoms with Crippen molar-refractivity contribution in [1.82, 2.24) is 10.3 Å². The van der Waals surface area contributed by atoms with E-state index >= 15 is 0 Å². The van der Waals surface area contributed by atoms with Gasteiger partial charge in [0.25, 0.3) is 0 Å². The van der Waals surface area contributed by atoms with E-state index in [4.69, 9.17) is 9.47 Å². The predicted octanol–water partition coefficient (Wildman–Crippen LogP) is 2.66. The lowest BCUT2D eigenvalue weighted by Crippen LogP contribution is -2.48. The molecule has 8 nitrogen and oxygen atoms in total. The van der Waals surface area contributed by atoms with Crippen LogP contribution in [0, 0.1) is 11.3 Å². The van der Waals surface area contributed by atoms with Gasteiger partial charge in [-0.3, -0.25) is 9.78 Å². The van der Waals surface area contributed by atoms with Gasteiger partial charge in [0.15, 0.2) is 11.5 Å². The molecule has 0 unspecified atom stereocenters. The van der Waals surface area contributed by atoms with E-state index in [1.54, 1.807) is 48.7 Å². The van der Waals surface area contributed by atoms with Gasteiger partial charge in [-0.05, 0) is 47.9 Å². The zero-order valence-corrected chi connectivity index (χ0v) is 19.3. The number of nitriles is 1. The number of nitrogens with one attached hydrogen (secondary N) is 1. The summed E-state index contributed by atoms with van der Waals surface area (Å²) in [5, 5.41) is 31.5. The molecular formula is C26H26BN3O5. The number of nitrogens with zero attached hydrogens (tertiary/aromatic N) is 2. The number of ether oxygens (including phenoxy) is 2. The third-order valence-electron chi connectivity index (χ3n) is 5.15. The van der Waals surface area contributed by atoms with Crippen LogP contribution >= 0.6 is 0 Å². The minimum Gasteiger partial charge on any atom is -0.493 e. The molecule has 0 bridgehead atoms. The molecule has 0 spiro atoms. The molecule has 2 aromatic carbocycles. The molecule has 0 fully saturated rings. The van der Waals surface area contributed by atoms with Gasteiger partial charge in [-0.25, -0.2) is 0 Å². The van der Waals surface area contributed by atoms with Crippen molar-refractivity contribution in [2.24, 2.45) is 0 Å². The van der Waals surface area contributed by atoms with Gasteiger partial charge in [-0.1, -0.05) is 42.5 Å². The number of amides is 1. The number of carbonyl (C=O) groups is 1. The van der Waals surface area contributed by atoms with Crippen molar-refractivity contribution in [3.63, 3.8) is 0 Å². The Morgan fingerprint density at radius 3 is 2.57 bits per heavy atom. The van der Waals surface area contributed by atoms with Crippen LogP contribution in [0.3, 0.4) is 0 Å². The van der Waals surface area contributed by atoms with E-state index in [1.165, 1.54) is 7.11 Å². The number of hydrogen-bond donors (Lipinski definition) is 3. The van der Waals surface area contributed by atoms with Gasteiger partial charge in [0, 0.05) is 6.20 Å². The lowest BCUT2D eigenvalue weighted by atomic mass is 9.76. The number of hydrogen-bond acceptors (Lipinski definition) is 7. The second kappa shape index (κ2) is 12.9. The van der Waals surface area contributed by atoms with Crippen LogP contribution < -0.4 is 14.8 Å². The molecule has 0 aliphatic heterocycles. The first-order chi connectivity index (χ1) is 17.0. The van der Waals surface area contributed by atoms with Crippen molar-refractivity contribution >= 4 is 24.7 Å². The third kappa shape index (κ3) is 7.71. The van der Waals surface area contributed by atoms with E-state index in [9.17, 15) is 20.1 Å². The monoisotopic (exact) mass is 471 g/mol. The molecule has 178 valence electrons. The number of carbonyl (C=O) groups excluding carboxylic acids is 1. The molecule has 0 saturated heterocycles. The molecule has 1 atom stereocenters. The maximum atomic E-state index is 12.4. The second-order valence-corrected chi connectivity index (χ2v) is 7.67. The Morgan fingerprint density at radius 1 is 1.14 bits per heavy atom. The van der Waals surface area contributed by atoms with E-state index in [2.05, 4.69) is 16.4 Å². The fraction of sp³-hybridized carbons (Fsp3) is 0.192. The van der Waals surface area contributed by atoms with Crippen molar-refractivity contribution in [3.05, 3.63) is 89.7 Å². The lowest BCUT2D eigenvalue weighted by Gasteiger charge is -2.18. The molecule has 9 heteroatoms. The van der Waals surface area contributed by atoms with Gasteiger partial charge in [-0.15, -0.1) is 0 Å². The predicted molar refractivity (Wildman–Crippen MR) is 133 cm³/mol. The lowest BCUT2D eigenvalue weighted by molar-refractivity contribution is -0.122. The maximum absolute atomic E-state index is 12.4. The normalized spacial score (nSPS) is 11.8. The van der Waals surface area contributed by atoms with Crippen LogP contribution in [-0.4, -0.2) is 47.7 Å². The Bertz CT molecular complexity index is 1180. The first-order valence-corrected chi connectivity index (χ1v) is 11.0. The number of pyridine rings is 1. The zero-order valence-electron chi connectivity index (χ0n) is 19.3. The van der Waals surface area contributed by atoms with Crippen LogP contribution in [0.2, 0.25) is 0 Å². The quantitative estimate of drug-likeness (QED) is 0.290. The van der Waals surface area contributed by atoms with Crippen molar-refractivity contribution in [1.29, 1.82) is 5.26 Å². The smallest absolute Gasteiger partial charge is 0.475 e. The molecule has 0 radical (unpaired) electrons. The molecule has 3 aromatic rings. The highest BCUT2D eigenvalue weighted by atomic mass is 16.5. The highest BCUT2D eigenvalue weighted by Crippen LogP contribution is 2.29. The molecule has 0 saturated carbocycles. The summed E-state index contributed by atoms with van der Waals surface area (Å²) < 4.78 is 11.1. The summed E-state index contributed by atoms with van der Waals surface area (Å²) in [5.74, 6) is -0.332. The topological polar surface area (TPSA) is 125 Å². The van der Waals surface area contributed by atoms with Crippen molar-refractivity contribution in [2.45, 2.75) is 18.8 Å². The molecule has 0 aliphatic carbocycles. The Hall–Kier alpha value is -4.13. The van der Waals surface area contributed by atoms with Crippen molar-refractivity contribution in [2.75, 3.05) is 13.7 Å². The summed E-state index contributed by atoms with van der Waals surface area (Å²) in [6.45, 7) is 0.0420. The summed E-state index contributed by atoms with van der Waals surface area (Å²) in [7, 11) is -0.187. The van der Waals surface area contributed by atoms with E-state index in [0.29, 0.717) is 28.3 Å². The van der Waals surface area contributed by atoms with Crippen molar-refractivity contribution < 1.29 is 24.3 Å². The summed E-state index contributed by atoms with van der Waals surface area (Å²) in [6, 6.07) is 22.0. The summed E-state index contributed by atoms with van der Waals surface area (Å²) >= 11 is 0. The Balaban J connectivity index is 1.63. The second-order valence-electron chi connectivity index (χ2n) is 7.67. The first-order valence-electron chi connectivity index (χ1n) is 11.0. The van der Waals surface area contributed by atoms with Crippen LogP contribution in [0.15, 0.2) is 72.9 Å². The van der Waals surface area contributed by atoms with Gasteiger partial charge in [0.1, 0.15) is 6.07 Å². The Labute approximate surface area is 204 Å². The van der Waals surface area contributed by atoms with E-state index < -0.39 is 13.1 Å². The van der Waals surface area contributed by atoms with Gasteiger partial charge in [0.05, 0.1) is 37.3 Å². The fourth-order valence-corrected chi connectivity index (χ4v) is 3.38. The number of methoxy groups -OCH3 is 1. The van der Waals surface area contributed by atoms with Crippen molar-refractivity contribution in [3.8, 4) is 17.6 Å². The largest absolute Gasteiger partial charge is 0.493 e. The number of allylic oxidation sites excluding steroid dienone is 1. The van der Waals surface area contributed by atoms with Gasteiger partial charge >= 0.3 is 7.12 Å². The number of aromatic nitrogens is 1. The van der Waals surface area contributed by atoms with E-state index in [0.717, 1.165) is 5.56 Å². The van der Waals surface area contributed by atoms with Gasteiger partial charge in [0.2, 0.25) is 5.91 Å². The van der Waals surface area contributed by atoms with Crippen LogP contribution in [0.5, 0.6) is 11.5 Å². The summed E-state index contributed by atoms with van der Waals surface area (Å²) in [4.78, 5) is 16.6. The van der Waals surface area contributed by atoms with Gasteiger partial charge < -0.3 is 24.8 Å². The Kier molecular flexibility index (Phi) is 9.43. The maximum Gasteiger partial charge on any atom is 0.475 e. The molecule has 1 amide bonds. The number of benzene rings is 2. The molecule has 3 N–H and O–H groups in total. The average molecular weight is 471 g/mol. The van der Waals surface area contributed by atoms with E-state index in [-0.39, 0.29) is 25.4 Å². The molecule has 1 heterocycles. The third-order valence-corrected chi connectivity index (χ3v) is 5.15. The minimum absolute atomic E-state index is 0.00138. The zero-order chi connectivity index (χ0) is 25.0. The highest BCUT2D eigenvalue weighted by molar-refractivity contribution is 6.43. The molecule has 3 rings (SSSR count). The van der Waals surface area contributed by atoms with Crippen LogP contribution in [0.25, 0.3) is 11.6 Å². The fourth-order valence-electron chi connectivity index (χ4n) is 3.38. The molecule has 35 heavy (non-hydrogen) atoms. The summed E-state index contributed by atoms with van der Waals surface area (Å²) in [5.41, 5.74) is 2.53. The Morgan fingerprint density at radius 2 is 1.91 bits per heavy atom. The summed E-state index contributed by atoms with van der Waals surface area (Å²) in [6.07, 6.45) is 3.59. The number of rotatable bonds is 11. The van der Waals surface area contributed by atoms with Gasteiger partial charge in [-0.2, -0.15) is 5.26 Å². The SMILES string of the molecule is COc1ccc(C=C(C#N)c2ccccn2)cc1OCCC(=O)N[C@@H](Cc1ccccc1)B(O)O. The highest BCUT2D eigenvalue weighted by Gasteiger charge is 2.25. The minimum atomic E-state index is -1.70. The molecule has 0 aliphatic rings. The molecular weight excluding hydrogens is 445 g/mol. The standard InChI is InChI=1S/C26H26BN3O5/c1-34-23-11-10-20(15-21(18-28)22-9-5-6-13-29-22)16-24(23)35-14-12-26(31)30-25(27(32)33)17-19-7-3-2-4-8-19/h2-11,13,15-16,25,32-33H,12,14,17H2,1H3,(H,30,31)/t25-/m0/s1. The average Bonchev–Trinajstić information content (AvgIpc) is 2.88. The van der Waals surface area contributed by atoms with E-state index in [1.807, 2.05) is 30.3 Å².